The van der Waals surface area contributed by atoms with E-state index in [2.05, 4.69) is 9.97 Å². The van der Waals surface area contributed by atoms with Crippen molar-refractivity contribution in [3.05, 3.63) is 52.6 Å². The van der Waals surface area contributed by atoms with E-state index in [1.165, 1.54) is 23.1 Å². The van der Waals surface area contributed by atoms with Gasteiger partial charge < -0.3 is 9.64 Å². The zero-order chi connectivity index (χ0) is 20.3. The van der Waals surface area contributed by atoms with E-state index >= 15 is 0 Å². The number of piperidine rings is 1. The van der Waals surface area contributed by atoms with Crippen molar-refractivity contribution in [1.29, 1.82) is 0 Å². The van der Waals surface area contributed by atoms with Gasteiger partial charge in [0.1, 0.15) is 11.9 Å². The average Bonchev–Trinajstić information content (AvgIpc) is 2.64. The zero-order valence-corrected chi connectivity index (χ0v) is 15.3. The van der Waals surface area contributed by atoms with Gasteiger partial charge in [0.05, 0.1) is 13.0 Å². The summed E-state index contributed by atoms with van der Waals surface area (Å²) < 4.78 is 57.6. The number of rotatable bonds is 4. The second-order valence-electron chi connectivity index (χ2n) is 6.32. The Hall–Kier alpha value is -2.42. The molecule has 1 unspecified atom stereocenters. The molecule has 150 valence electrons. The van der Waals surface area contributed by atoms with Crippen molar-refractivity contribution in [1.82, 2.24) is 14.9 Å². The summed E-state index contributed by atoms with van der Waals surface area (Å²) in [6.07, 6.45) is -3.29. The maximum Gasteiger partial charge on any atom is 0.433 e. The molecular formula is C18H16ClF4N3O2. The van der Waals surface area contributed by atoms with Gasteiger partial charge in [-0.15, -0.1) is 0 Å². The van der Waals surface area contributed by atoms with Crippen molar-refractivity contribution in [3.63, 3.8) is 0 Å². The lowest BCUT2D eigenvalue weighted by molar-refractivity contribution is -0.141. The molecule has 1 aromatic carbocycles. The fraction of sp³-hybridized carbons (Fsp3) is 0.389. The average molecular weight is 418 g/mol. The molecule has 2 aromatic rings. The summed E-state index contributed by atoms with van der Waals surface area (Å²) >= 11 is 5.96. The van der Waals surface area contributed by atoms with Crippen LogP contribution in [0.25, 0.3) is 0 Å². The van der Waals surface area contributed by atoms with Crippen molar-refractivity contribution in [2.45, 2.75) is 31.5 Å². The Kier molecular flexibility index (Phi) is 6.02. The van der Waals surface area contributed by atoms with E-state index in [0.717, 1.165) is 12.3 Å². The first-order chi connectivity index (χ1) is 13.2. The van der Waals surface area contributed by atoms with Crippen molar-refractivity contribution in [2.75, 3.05) is 13.1 Å². The van der Waals surface area contributed by atoms with Gasteiger partial charge in [0.2, 0.25) is 5.91 Å². The zero-order valence-electron chi connectivity index (χ0n) is 14.5. The second-order valence-corrected chi connectivity index (χ2v) is 6.73. The van der Waals surface area contributed by atoms with E-state index in [1.807, 2.05) is 0 Å². The molecule has 1 aromatic heterocycles. The SMILES string of the molecule is O=C(Cc1c(F)cccc1Cl)N1CCCC(Oc2nccc(C(F)(F)F)n2)C1. The lowest BCUT2D eigenvalue weighted by atomic mass is 10.1. The number of hydrogen-bond acceptors (Lipinski definition) is 4. The normalized spacial score (nSPS) is 17.5. The minimum atomic E-state index is -4.60. The van der Waals surface area contributed by atoms with Crippen LogP contribution in [0.3, 0.4) is 0 Å². The summed E-state index contributed by atoms with van der Waals surface area (Å²) in [5.74, 6) is -0.909. The molecule has 0 radical (unpaired) electrons. The van der Waals surface area contributed by atoms with Gasteiger partial charge in [-0.25, -0.2) is 9.37 Å². The fourth-order valence-corrected chi connectivity index (χ4v) is 3.16. The van der Waals surface area contributed by atoms with E-state index in [0.29, 0.717) is 19.4 Å². The number of carbonyl (C=O) groups is 1. The summed E-state index contributed by atoms with van der Waals surface area (Å²) in [7, 11) is 0. The number of hydrogen-bond donors (Lipinski definition) is 0. The summed E-state index contributed by atoms with van der Waals surface area (Å²) in [6.45, 7) is 0.582. The van der Waals surface area contributed by atoms with Gasteiger partial charge >= 0.3 is 12.2 Å². The molecule has 1 aliphatic rings. The third-order valence-electron chi connectivity index (χ3n) is 4.32. The Labute approximate surface area is 163 Å². The summed E-state index contributed by atoms with van der Waals surface area (Å²) in [5, 5.41) is 0.163. The smallest absolute Gasteiger partial charge is 0.433 e. The first kappa shape index (κ1) is 20.3. The third kappa shape index (κ3) is 4.89. The highest BCUT2D eigenvalue weighted by Gasteiger charge is 2.33. The molecular weight excluding hydrogens is 402 g/mol. The molecule has 0 N–H and O–H groups in total. The highest BCUT2D eigenvalue weighted by molar-refractivity contribution is 6.31. The largest absolute Gasteiger partial charge is 0.458 e. The summed E-state index contributed by atoms with van der Waals surface area (Å²) in [4.78, 5) is 21.1. The van der Waals surface area contributed by atoms with Crippen LogP contribution in [0.5, 0.6) is 6.01 Å². The van der Waals surface area contributed by atoms with Gasteiger partial charge in [-0.1, -0.05) is 17.7 Å². The molecule has 1 fully saturated rings. The molecule has 0 saturated carbocycles. The van der Waals surface area contributed by atoms with Crippen LogP contribution in [-0.2, 0) is 17.4 Å². The first-order valence-corrected chi connectivity index (χ1v) is 8.89. The molecule has 1 saturated heterocycles. The monoisotopic (exact) mass is 417 g/mol. The Morgan fingerprint density at radius 1 is 1.32 bits per heavy atom. The van der Waals surface area contributed by atoms with E-state index in [9.17, 15) is 22.4 Å². The van der Waals surface area contributed by atoms with Gasteiger partial charge in [-0.2, -0.15) is 18.2 Å². The number of halogens is 5. The Bertz CT molecular complexity index is 843. The highest BCUT2D eigenvalue weighted by Crippen LogP contribution is 2.28. The van der Waals surface area contributed by atoms with Gasteiger partial charge in [-0.3, -0.25) is 4.79 Å². The van der Waals surface area contributed by atoms with Gasteiger partial charge in [0.25, 0.3) is 0 Å². The number of amides is 1. The first-order valence-electron chi connectivity index (χ1n) is 8.51. The predicted octanol–water partition coefficient (Wildman–Crippen LogP) is 3.90. The lowest BCUT2D eigenvalue weighted by Crippen LogP contribution is -2.45. The van der Waals surface area contributed by atoms with E-state index < -0.39 is 29.8 Å². The van der Waals surface area contributed by atoms with Crippen molar-refractivity contribution in [3.8, 4) is 6.01 Å². The molecule has 3 rings (SSSR count). The predicted molar refractivity (Wildman–Crippen MR) is 92.4 cm³/mol. The standard InChI is InChI=1S/C18H16ClF4N3O2/c19-13-4-1-5-14(20)12(13)9-16(27)26-8-2-3-11(10-26)28-17-24-7-6-15(25-17)18(21,22)23/h1,4-7,11H,2-3,8-10H2. The van der Waals surface area contributed by atoms with Crippen molar-refractivity contribution in [2.24, 2.45) is 0 Å². The van der Waals surface area contributed by atoms with E-state index in [-0.39, 0.29) is 29.5 Å². The van der Waals surface area contributed by atoms with Gasteiger partial charge in [-0.05, 0) is 31.0 Å². The molecule has 2 heterocycles. The molecule has 1 aliphatic heterocycles. The Morgan fingerprint density at radius 3 is 2.82 bits per heavy atom. The molecule has 10 heteroatoms. The lowest BCUT2D eigenvalue weighted by Gasteiger charge is -2.32. The second kappa shape index (κ2) is 8.30. The van der Waals surface area contributed by atoms with Crippen LogP contribution in [0.4, 0.5) is 17.6 Å². The molecule has 5 nitrogen and oxygen atoms in total. The van der Waals surface area contributed by atoms with Crippen LogP contribution >= 0.6 is 11.6 Å². The molecule has 1 atom stereocenters. The van der Waals surface area contributed by atoms with Crippen molar-refractivity contribution < 1.29 is 27.1 Å². The minimum Gasteiger partial charge on any atom is -0.458 e. The van der Waals surface area contributed by atoms with Crippen LogP contribution in [0, 0.1) is 5.82 Å². The van der Waals surface area contributed by atoms with Crippen LogP contribution in [0.1, 0.15) is 24.1 Å². The minimum absolute atomic E-state index is 0.110. The molecule has 0 aliphatic carbocycles. The summed E-state index contributed by atoms with van der Waals surface area (Å²) in [5.41, 5.74) is -0.992. The molecule has 0 bridgehead atoms. The third-order valence-corrected chi connectivity index (χ3v) is 4.67. The molecule has 28 heavy (non-hydrogen) atoms. The number of carbonyl (C=O) groups excluding carboxylic acids is 1. The van der Waals surface area contributed by atoms with Crippen LogP contribution in [-0.4, -0.2) is 40.0 Å². The van der Waals surface area contributed by atoms with Crippen LogP contribution in [0.2, 0.25) is 5.02 Å². The van der Waals surface area contributed by atoms with Crippen LogP contribution < -0.4 is 4.74 Å². The number of likely N-dealkylation sites (tertiary alicyclic amines) is 1. The summed E-state index contributed by atoms with van der Waals surface area (Å²) in [6, 6.07) is 4.53. The Balaban J connectivity index is 1.65. The Morgan fingerprint density at radius 2 is 2.11 bits per heavy atom. The van der Waals surface area contributed by atoms with Crippen LogP contribution in [0.15, 0.2) is 30.5 Å². The molecule has 0 spiro atoms. The number of alkyl halides is 3. The van der Waals surface area contributed by atoms with Gasteiger partial charge in [0, 0.05) is 23.3 Å². The highest BCUT2D eigenvalue weighted by atomic mass is 35.5. The van der Waals surface area contributed by atoms with Gasteiger partial charge in [0.15, 0.2) is 5.69 Å². The van der Waals surface area contributed by atoms with Crippen molar-refractivity contribution >= 4 is 17.5 Å². The fourth-order valence-electron chi connectivity index (χ4n) is 2.93. The quantitative estimate of drug-likeness (QED) is 0.708. The number of benzene rings is 1. The number of nitrogens with zero attached hydrogens (tertiary/aromatic N) is 3. The van der Waals surface area contributed by atoms with E-state index in [1.54, 1.807) is 0 Å². The van der Waals surface area contributed by atoms with E-state index in [4.69, 9.17) is 16.3 Å². The molecule has 1 amide bonds. The number of aromatic nitrogens is 2. The number of ether oxygens (including phenoxy) is 1. The maximum atomic E-state index is 13.9. The topological polar surface area (TPSA) is 55.3 Å². The maximum absolute atomic E-state index is 13.9.